The zero-order chi connectivity index (χ0) is 14.2. The van der Waals surface area contributed by atoms with Crippen molar-refractivity contribution in [1.82, 2.24) is 0 Å². The summed E-state index contributed by atoms with van der Waals surface area (Å²) in [5.41, 5.74) is 7.81. The first-order chi connectivity index (χ1) is 9.75. The van der Waals surface area contributed by atoms with Crippen LogP contribution in [0.5, 0.6) is 5.75 Å². The lowest BCUT2D eigenvalue weighted by molar-refractivity contribution is 0.102. The fourth-order valence-corrected chi connectivity index (χ4v) is 2.20. The van der Waals surface area contributed by atoms with E-state index >= 15 is 0 Å². The van der Waals surface area contributed by atoms with Gasteiger partial charge in [0, 0.05) is 10.2 Å². The van der Waals surface area contributed by atoms with Gasteiger partial charge in [-0.15, -0.1) is 0 Å². The van der Waals surface area contributed by atoms with E-state index in [1.165, 1.54) is 0 Å². The van der Waals surface area contributed by atoms with Gasteiger partial charge in [0.2, 0.25) is 0 Å². The lowest BCUT2D eigenvalue weighted by Crippen LogP contribution is -2.09. The molecule has 2 aromatic rings. The molecule has 20 heavy (non-hydrogen) atoms. The average Bonchev–Trinajstić information content (AvgIpc) is 2.44. The van der Waals surface area contributed by atoms with E-state index in [2.05, 4.69) is 15.9 Å². The molecule has 2 rings (SSSR count). The van der Waals surface area contributed by atoms with Crippen LogP contribution in [0, 0.1) is 0 Å². The first-order valence-electron chi connectivity index (χ1n) is 6.55. The molecule has 0 spiro atoms. The topological polar surface area (TPSA) is 44.5 Å². The molecule has 0 radical (unpaired) electrons. The summed E-state index contributed by atoms with van der Waals surface area (Å²) in [5, 5.41) is 0. The normalized spacial score (nSPS) is 10.4. The smallest absolute Gasteiger partial charge is 0.120 e. The van der Waals surface area contributed by atoms with Gasteiger partial charge in [-0.2, -0.15) is 0 Å². The Kier molecular flexibility index (Phi) is 5.89. The predicted molar refractivity (Wildman–Crippen MR) is 85.0 cm³/mol. The molecule has 0 saturated carbocycles. The number of nitrogen functional groups attached to an aromatic ring is 1. The second kappa shape index (κ2) is 7.92. The number of anilines is 1. The molecule has 0 fully saturated rings. The van der Waals surface area contributed by atoms with Gasteiger partial charge in [0.25, 0.3) is 0 Å². The summed E-state index contributed by atoms with van der Waals surface area (Å²) in [5.74, 6) is 0.843. The summed E-state index contributed by atoms with van der Waals surface area (Å²) in [6, 6.07) is 15.6. The van der Waals surface area contributed by atoms with Gasteiger partial charge in [-0.1, -0.05) is 40.2 Å². The maximum absolute atomic E-state index is 5.87. The quantitative estimate of drug-likeness (QED) is 0.620. The number of ether oxygens (including phenoxy) is 2. The molecule has 0 atom stereocenters. The Morgan fingerprint density at radius 2 is 1.80 bits per heavy atom. The first kappa shape index (κ1) is 14.9. The van der Waals surface area contributed by atoms with Crippen LogP contribution in [-0.2, 0) is 11.2 Å². The molecule has 0 aliphatic carbocycles. The molecule has 0 saturated heterocycles. The largest absolute Gasteiger partial charge is 0.491 e. The van der Waals surface area contributed by atoms with Crippen molar-refractivity contribution in [3.63, 3.8) is 0 Å². The van der Waals surface area contributed by atoms with E-state index in [0.29, 0.717) is 19.8 Å². The molecular weight excluding hydrogens is 318 g/mol. The maximum Gasteiger partial charge on any atom is 0.120 e. The molecule has 0 amide bonds. The minimum absolute atomic E-state index is 0.542. The fourth-order valence-electron chi connectivity index (χ4n) is 1.82. The van der Waals surface area contributed by atoms with Crippen LogP contribution in [0.3, 0.4) is 0 Å². The van der Waals surface area contributed by atoms with E-state index in [9.17, 15) is 0 Å². The van der Waals surface area contributed by atoms with E-state index in [0.717, 1.165) is 27.9 Å². The maximum atomic E-state index is 5.87. The number of rotatable bonds is 7. The highest BCUT2D eigenvalue weighted by Gasteiger charge is 1.98. The van der Waals surface area contributed by atoms with Crippen molar-refractivity contribution in [2.75, 3.05) is 25.6 Å². The van der Waals surface area contributed by atoms with Gasteiger partial charge < -0.3 is 15.2 Å². The van der Waals surface area contributed by atoms with Gasteiger partial charge in [0.05, 0.1) is 13.2 Å². The van der Waals surface area contributed by atoms with Crippen molar-refractivity contribution < 1.29 is 9.47 Å². The Morgan fingerprint density at radius 3 is 2.60 bits per heavy atom. The van der Waals surface area contributed by atoms with Crippen LogP contribution in [0.4, 0.5) is 5.69 Å². The van der Waals surface area contributed by atoms with Crippen molar-refractivity contribution in [1.29, 1.82) is 0 Å². The third-order valence-electron chi connectivity index (χ3n) is 2.86. The highest BCUT2D eigenvalue weighted by Crippen LogP contribution is 2.17. The summed E-state index contributed by atoms with van der Waals surface area (Å²) in [6.45, 7) is 1.76. The monoisotopic (exact) mass is 335 g/mol. The van der Waals surface area contributed by atoms with Crippen LogP contribution >= 0.6 is 15.9 Å². The molecule has 2 N–H and O–H groups in total. The van der Waals surface area contributed by atoms with Gasteiger partial charge in [-0.3, -0.25) is 0 Å². The van der Waals surface area contributed by atoms with Crippen LogP contribution in [0.25, 0.3) is 0 Å². The summed E-state index contributed by atoms with van der Waals surface area (Å²) >= 11 is 3.41. The van der Waals surface area contributed by atoms with Gasteiger partial charge in [0.15, 0.2) is 0 Å². The molecule has 106 valence electrons. The Labute approximate surface area is 127 Å². The molecule has 3 nitrogen and oxygen atoms in total. The fraction of sp³-hybridized carbons (Fsp3) is 0.250. The van der Waals surface area contributed by atoms with E-state index in [1.807, 2.05) is 48.5 Å². The zero-order valence-corrected chi connectivity index (χ0v) is 12.8. The number of hydrogen-bond donors (Lipinski definition) is 1. The minimum Gasteiger partial charge on any atom is -0.491 e. The molecule has 0 bridgehead atoms. The van der Waals surface area contributed by atoms with Crippen molar-refractivity contribution in [2.24, 2.45) is 0 Å². The lowest BCUT2D eigenvalue weighted by atomic mass is 10.1. The molecule has 0 unspecified atom stereocenters. The molecule has 0 aliphatic rings. The predicted octanol–water partition coefficient (Wildman–Crippen LogP) is 3.67. The van der Waals surface area contributed by atoms with Crippen LogP contribution < -0.4 is 10.5 Å². The Morgan fingerprint density at radius 1 is 0.950 bits per heavy atom. The van der Waals surface area contributed by atoms with Gasteiger partial charge in [0.1, 0.15) is 12.4 Å². The van der Waals surface area contributed by atoms with E-state index < -0.39 is 0 Å². The molecule has 0 aliphatic heterocycles. The minimum atomic E-state index is 0.542. The van der Waals surface area contributed by atoms with E-state index in [-0.39, 0.29) is 0 Å². The third kappa shape index (κ3) is 4.87. The average molecular weight is 336 g/mol. The number of para-hydroxylation sites is 1. The highest BCUT2D eigenvalue weighted by atomic mass is 79.9. The summed E-state index contributed by atoms with van der Waals surface area (Å²) in [6.07, 6.45) is 0.823. The zero-order valence-electron chi connectivity index (χ0n) is 11.2. The number of halogens is 1. The van der Waals surface area contributed by atoms with Crippen LogP contribution in [-0.4, -0.2) is 19.8 Å². The van der Waals surface area contributed by atoms with Gasteiger partial charge in [-0.25, -0.2) is 0 Å². The molecule has 4 heteroatoms. The Bertz CT molecular complexity index is 546. The number of benzene rings is 2. The van der Waals surface area contributed by atoms with E-state index in [1.54, 1.807) is 0 Å². The van der Waals surface area contributed by atoms with Crippen molar-refractivity contribution in [3.8, 4) is 5.75 Å². The summed E-state index contributed by atoms with van der Waals surface area (Å²) in [7, 11) is 0. The Hall–Kier alpha value is -1.52. The third-order valence-corrected chi connectivity index (χ3v) is 3.36. The van der Waals surface area contributed by atoms with E-state index in [4.69, 9.17) is 15.2 Å². The number of hydrogen-bond acceptors (Lipinski definition) is 3. The lowest BCUT2D eigenvalue weighted by Gasteiger charge is -2.08. The molecular formula is C16H18BrNO2. The standard InChI is InChI=1S/C16H18BrNO2/c17-14-5-3-6-15(12-14)20-11-10-19-9-8-13-4-1-2-7-16(13)18/h1-7,12H,8-11,18H2. The second-order valence-corrected chi connectivity index (χ2v) is 5.28. The van der Waals surface area contributed by atoms with Gasteiger partial charge >= 0.3 is 0 Å². The molecule has 0 heterocycles. The van der Waals surface area contributed by atoms with Crippen molar-refractivity contribution >= 4 is 21.6 Å². The van der Waals surface area contributed by atoms with Crippen molar-refractivity contribution in [2.45, 2.75) is 6.42 Å². The van der Waals surface area contributed by atoms with Gasteiger partial charge in [-0.05, 0) is 36.2 Å². The first-order valence-corrected chi connectivity index (χ1v) is 7.34. The number of nitrogens with two attached hydrogens (primary N) is 1. The highest BCUT2D eigenvalue weighted by molar-refractivity contribution is 9.10. The van der Waals surface area contributed by atoms with Crippen LogP contribution in [0.1, 0.15) is 5.56 Å². The van der Waals surface area contributed by atoms with Crippen LogP contribution in [0.15, 0.2) is 53.0 Å². The summed E-state index contributed by atoms with van der Waals surface area (Å²) in [4.78, 5) is 0. The van der Waals surface area contributed by atoms with Crippen molar-refractivity contribution in [3.05, 3.63) is 58.6 Å². The van der Waals surface area contributed by atoms with Crippen LogP contribution in [0.2, 0.25) is 0 Å². The second-order valence-electron chi connectivity index (χ2n) is 4.37. The Balaban J connectivity index is 1.61. The SMILES string of the molecule is Nc1ccccc1CCOCCOc1cccc(Br)c1. The summed E-state index contributed by atoms with van der Waals surface area (Å²) < 4.78 is 12.1. The molecule has 2 aromatic carbocycles. The molecule has 0 aromatic heterocycles.